The van der Waals surface area contributed by atoms with Crippen molar-refractivity contribution in [1.29, 1.82) is 0 Å². The van der Waals surface area contributed by atoms with Crippen LogP contribution in [0.15, 0.2) is 48.7 Å². The molecule has 0 radical (unpaired) electrons. The SMILES string of the molecule is Cc1cccc([C@@H](C)CNC2CCN(Cc3ccccn3)CC2)c1. The maximum Gasteiger partial charge on any atom is 0.0543 e. The van der Waals surface area contributed by atoms with Crippen molar-refractivity contribution in [2.24, 2.45) is 0 Å². The molecule has 0 spiro atoms. The van der Waals surface area contributed by atoms with Crippen LogP contribution >= 0.6 is 0 Å². The number of hydrogen-bond acceptors (Lipinski definition) is 3. The summed E-state index contributed by atoms with van der Waals surface area (Å²) in [5, 5.41) is 3.78. The Morgan fingerprint density at radius 3 is 2.71 bits per heavy atom. The fourth-order valence-electron chi connectivity index (χ4n) is 3.45. The van der Waals surface area contributed by atoms with E-state index in [9.17, 15) is 0 Å². The van der Waals surface area contributed by atoms with Crippen LogP contribution in [0.2, 0.25) is 0 Å². The third-order valence-electron chi connectivity index (χ3n) is 5.02. The smallest absolute Gasteiger partial charge is 0.0543 e. The predicted octanol–water partition coefficient (Wildman–Crippen LogP) is 3.75. The molecule has 0 unspecified atom stereocenters. The number of piperidine rings is 1. The van der Waals surface area contributed by atoms with Crippen LogP contribution in [-0.4, -0.2) is 35.6 Å². The van der Waals surface area contributed by atoms with E-state index in [-0.39, 0.29) is 0 Å². The molecule has 1 aliphatic heterocycles. The van der Waals surface area contributed by atoms with E-state index in [2.05, 4.69) is 65.4 Å². The average molecular weight is 323 g/mol. The van der Waals surface area contributed by atoms with Crippen LogP contribution in [-0.2, 0) is 6.54 Å². The number of pyridine rings is 1. The Morgan fingerprint density at radius 1 is 1.17 bits per heavy atom. The van der Waals surface area contributed by atoms with E-state index in [1.54, 1.807) is 0 Å². The van der Waals surface area contributed by atoms with Gasteiger partial charge in [-0.3, -0.25) is 9.88 Å². The van der Waals surface area contributed by atoms with Crippen molar-refractivity contribution in [2.75, 3.05) is 19.6 Å². The highest BCUT2D eigenvalue weighted by Crippen LogP contribution is 2.17. The minimum absolute atomic E-state index is 0.566. The van der Waals surface area contributed by atoms with Crippen LogP contribution in [0, 0.1) is 6.92 Å². The molecule has 0 amide bonds. The molecule has 1 saturated heterocycles. The van der Waals surface area contributed by atoms with Crippen molar-refractivity contribution in [2.45, 2.75) is 45.2 Å². The molecule has 3 nitrogen and oxygen atoms in total. The molecule has 128 valence electrons. The van der Waals surface area contributed by atoms with Crippen molar-refractivity contribution in [3.8, 4) is 0 Å². The van der Waals surface area contributed by atoms with Gasteiger partial charge in [0.25, 0.3) is 0 Å². The monoisotopic (exact) mass is 323 g/mol. The fraction of sp³-hybridized carbons (Fsp3) is 0.476. The van der Waals surface area contributed by atoms with Crippen LogP contribution in [0.4, 0.5) is 0 Å². The second-order valence-electron chi connectivity index (χ2n) is 7.09. The quantitative estimate of drug-likeness (QED) is 0.877. The average Bonchev–Trinajstić information content (AvgIpc) is 2.62. The van der Waals surface area contributed by atoms with Crippen LogP contribution in [0.5, 0.6) is 0 Å². The Balaban J connectivity index is 1.41. The van der Waals surface area contributed by atoms with E-state index < -0.39 is 0 Å². The molecule has 1 N–H and O–H groups in total. The first kappa shape index (κ1) is 17.1. The highest BCUT2D eigenvalue weighted by atomic mass is 15.1. The largest absolute Gasteiger partial charge is 0.313 e. The molecule has 1 aliphatic rings. The number of nitrogens with one attached hydrogen (secondary N) is 1. The summed E-state index contributed by atoms with van der Waals surface area (Å²) in [7, 11) is 0. The fourth-order valence-corrected chi connectivity index (χ4v) is 3.45. The summed E-state index contributed by atoms with van der Waals surface area (Å²) < 4.78 is 0. The molecule has 1 aromatic heterocycles. The highest BCUT2D eigenvalue weighted by molar-refractivity contribution is 5.25. The molecule has 0 bridgehead atoms. The molecule has 24 heavy (non-hydrogen) atoms. The maximum atomic E-state index is 4.43. The molecule has 1 fully saturated rings. The van der Waals surface area contributed by atoms with Gasteiger partial charge in [-0.05, 0) is 43.4 Å². The van der Waals surface area contributed by atoms with Gasteiger partial charge < -0.3 is 5.32 Å². The number of nitrogens with zero attached hydrogens (tertiary/aromatic N) is 2. The highest BCUT2D eigenvalue weighted by Gasteiger charge is 2.19. The molecule has 0 saturated carbocycles. The van der Waals surface area contributed by atoms with Crippen LogP contribution < -0.4 is 5.32 Å². The summed E-state index contributed by atoms with van der Waals surface area (Å²) in [6.45, 7) is 8.85. The van der Waals surface area contributed by atoms with Gasteiger partial charge in [0.1, 0.15) is 0 Å². The first-order valence-corrected chi connectivity index (χ1v) is 9.13. The first-order valence-electron chi connectivity index (χ1n) is 9.13. The maximum absolute atomic E-state index is 4.43. The first-order chi connectivity index (χ1) is 11.7. The Morgan fingerprint density at radius 2 is 2.00 bits per heavy atom. The Hall–Kier alpha value is -1.71. The minimum Gasteiger partial charge on any atom is -0.313 e. The van der Waals surface area contributed by atoms with Gasteiger partial charge in [-0.15, -0.1) is 0 Å². The summed E-state index contributed by atoms with van der Waals surface area (Å²) in [6, 6.07) is 15.7. The van der Waals surface area contributed by atoms with E-state index in [1.807, 2.05) is 12.3 Å². The lowest BCUT2D eigenvalue weighted by Gasteiger charge is -2.32. The third kappa shape index (κ3) is 4.89. The zero-order valence-electron chi connectivity index (χ0n) is 14.9. The minimum atomic E-state index is 0.566. The molecule has 1 aromatic carbocycles. The van der Waals surface area contributed by atoms with Crippen LogP contribution in [0.25, 0.3) is 0 Å². The number of aromatic nitrogens is 1. The van der Waals surface area contributed by atoms with Gasteiger partial charge in [0.15, 0.2) is 0 Å². The van der Waals surface area contributed by atoms with E-state index >= 15 is 0 Å². The number of hydrogen-bond donors (Lipinski definition) is 1. The summed E-state index contributed by atoms with van der Waals surface area (Å²) in [5.74, 6) is 0.566. The molecular formula is C21H29N3. The van der Waals surface area contributed by atoms with Gasteiger partial charge >= 0.3 is 0 Å². The molecule has 3 rings (SSSR count). The zero-order chi connectivity index (χ0) is 16.8. The Labute approximate surface area is 146 Å². The molecule has 2 heterocycles. The van der Waals surface area contributed by atoms with Crippen LogP contribution in [0.3, 0.4) is 0 Å². The van der Waals surface area contributed by atoms with Gasteiger partial charge in [-0.1, -0.05) is 42.8 Å². The van der Waals surface area contributed by atoms with E-state index in [0.29, 0.717) is 12.0 Å². The number of rotatable bonds is 6. The standard InChI is InChI=1S/C21H29N3/c1-17-6-5-7-19(14-17)18(2)15-23-20-9-12-24(13-10-20)16-21-8-3-4-11-22-21/h3-8,11,14,18,20,23H,9-10,12-13,15-16H2,1-2H3/t18-/m0/s1. The lowest BCUT2D eigenvalue weighted by atomic mass is 9.98. The van der Waals surface area contributed by atoms with Gasteiger partial charge in [0, 0.05) is 38.4 Å². The predicted molar refractivity (Wildman–Crippen MR) is 100 cm³/mol. The van der Waals surface area contributed by atoms with Gasteiger partial charge in [-0.25, -0.2) is 0 Å². The summed E-state index contributed by atoms with van der Waals surface area (Å²) in [5.41, 5.74) is 3.97. The van der Waals surface area contributed by atoms with Crippen molar-refractivity contribution in [3.63, 3.8) is 0 Å². The second-order valence-corrected chi connectivity index (χ2v) is 7.09. The number of likely N-dealkylation sites (tertiary alicyclic amines) is 1. The topological polar surface area (TPSA) is 28.2 Å². The van der Waals surface area contributed by atoms with Crippen molar-refractivity contribution < 1.29 is 0 Å². The van der Waals surface area contributed by atoms with E-state index in [4.69, 9.17) is 0 Å². The third-order valence-corrected chi connectivity index (χ3v) is 5.02. The van der Waals surface area contributed by atoms with Crippen molar-refractivity contribution in [3.05, 3.63) is 65.5 Å². The van der Waals surface area contributed by atoms with E-state index in [1.165, 1.54) is 29.7 Å². The molecule has 2 aromatic rings. The summed E-state index contributed by atoms with van der Waals surface area (Å²) >= 11 is 0. The Bertz CT molecular complexity index is 618. The molecular weight excluding hydrogens is 294 g/mol. The van der Waals surface area contributed by atoms with E-state index in [0.717, 1.165) is 26.2 Å². The number of benzene rings is 1. The van der Waals surface area contributed by atoms with Crippen LogP contribution in [0.1, 0.15) is 42.5 Å². The van der Waals surface area contributed by atoms with Gasteiger partial charge in [0.2, 0.25) is 0 Å². The molecule has 0 aliphatic carbocycles. The number of aryl methyl sites for hydroxylation is 1. The van der Waals surface area contributed by atoms with Crippen molar-refractivity contribution >= 4 is 0 Å². The molecule has 1 atom stereocenters. The summed E-state index contributed by atoms with van der Waals surface area (Å²) in [4.78, 5) is 6.95. The Kier molecular flexibility index (Phi) is 6.00. The zero-order valence-corrected chi connectivity index (χ0v) is 14.9. The molecule has 3 heteroatoms. The lowest BCUT2D eigenvalue weighted by molar-refractivity contribution is 0.188. The van der Waals surface area contributed by atoms with Gasteiger partial charge in [-0.2, -0.15) is 0 Å². The second kappa shape index (κ2) is 8.41. The van der Waals surface area contributed by atoms with Gasteiger partial charge in [0.05, 0.1) is 5.69 Å². The van der Waals surface area contributed by atoms with Crippen molar-refractivity contribution in [1.82, 2.24) is 15.2 Å². The normalized spacial score (nSPS) is 17.8. The summed E-state index contributed by atoms with van der Waals surface area (Å²) in [6.07, 6.45) is 4.34. The lowest BCUT2D eigenvalue weighted by Crippen LogP contribution is -2.43.